The minimum atomic E-state index is 0.713. The summed E-state index contributed by atoms with van der Waals surface area (Å²) in [6, 6.07) is 0.713. The van der Waals surface area contributed by atoms with Crippen molar-refractivity contribution in [3.63, 3.8) is 0 Å². The molecule has 1 unspecified atom stereocenters. The highest BCUT2D eigenvalue weighted by atomic mass is 32.2. The van der Waals surface area contributed by atoms with E-state index < -0.39 is 0 Å². The molecule has 1 atom stereocenters. The summed E-state index contributed by atoms with van der Waals surface area (Å²) in [5, 5.41) is 3.43. The standard InChI is InChI=1S/C11H23NOS/c1-12-11(5-8-14-2)9-10-3-6-13-7-4-10/h10-12H,3-9H2,1-2H3. The predicted molar refractivity (Wildman–Crippen MR) is 64.0 cm³/mol. The number of thioether (sulfide) groups is 1. The summed E-state index contributed by atoms with van der Waals surface area (Å²) in [5.41, 5.74) is 0. The molecular weight excluding hydrogens is 194 g/mol. The highest BCUT2D eigenvalue weighted by molar-refractivity contribution is 7.98. The van der Waals surface area contributed by atoms with Gasteiger partial charge in [-0.1, -0.05) is 0 Å². The van der Waals surface area contributed by atoms with Crippen molar-refractivity contribution in [1.82, 2.24) is 5.32 Å². The van der Waals surface area contributed by atoms with Crippen molar-refractivity contribution in [3.8, 4) is 0 Å². The molecule has 2 nitrogen and oxygen atoms in total. The first-order valence-corrected chi connectivity index (χ1v) is 7.00. The third-order valence-electron chi connectivity index (χ3n) is 3.04. The third kappa shape index (κ3) is 4.67. The minimum Gasteiger partial charge on any atom is -0.381 e. The van der Waals surface area contributed by atoms with Crippen molar-refractivity contribution >= 4 is 11.8 Å². The van der Waals surface area contributed by atoms with Crippen LogP contribution in [0.4, 0.5) is 0 Å². The maximum atomic E-state index is 5.37. The van der Waals surface area contributed by atoms with E-state index in [1.807, 2.05) is 11.8 Å². The fourth-order valence-corrected chi connectivity index (χ4v) is 2.54. The molecule has 3 heteroatoms. The molecule has 1 rings (SSSR count). The molecule has 1 aliphatic rings. The average Bonchev–Trinajstić information content (AvgIpc) is 2.25. The second-order valence-electron chi connectivity index (χ2n) is 4.06. The Morgan fingerprint density at radius 1 is 1.43 bits per heavy atom. The van der Waals surface area contributed by atoms with Gasteiger partial charge in [-0.3, -0.25) is 0 Å². The zero-order valence-corrected chi connectivity index (χ0v) is 10.2. The minimum absolute atomic E-state index is 0.713. The maximum Gasteiger partial charge on any atom is 0.0468 e. The fraction of sp³-hybridized carbons (Fsp3) is 1.00. The van der Waals surface area contributed by atoms with Gasteiger partial charge in [-0.2, -0.15) is 11.8 Å². The molecule has 1 aliphatic heterocycles. The van der Waals surface area contributed by atoms with Gasteiger partial charge in [0.2, 0.25) is 0 Å². The van der Waals surface area contributed by atoms with Crippen molar-refractivity contribution in [1.29, 1.82) is 0 Å². The first kappa shape index (κ1) is 12.3. The van der Waals surface area contributed by atoms with E-state index >= 15 is 0 Å². The van der Waals surface area contributed by atoms with Gasteiger partial charge in [0.1, 0.15) is 0 Å². The Kier molecular flexibility index (Phi) is 6.65. The van der Waals surface area contributed by atoms with Crippen LogP contribution in [0, 0.1) is 5.92 Å². The van der Waals surface area contributed by atoms with Crippen molar-refractivity contribution in [2.24, 2.45) is 5.92 Å². The van der Waals surface area contributed by atoms with E-state index in [2.05, 4.69) is 18.6 Å². The summed E-state index contributed by atoms with van der Waals surface area (Å²) >= 11 is 1.94. The lowest BCUT2D eigenvalue weighted by Crippen LogP contribution is -2.30. The van der Waals surface area contributed by atoms with Gasteiger partial charge in [-0.25, -0.2) is 0 Å². The monoisotopic (exact) mass is 217 g/mol. The maximum absolute atomic E-state index is 5.37. The van der Waals surface area contributed by atoms with Gasteiger partial charge in [0.15, 0.2) is 0 Å². The molecule has 1 fully saturated rings. The SMILES string of the molecule is CNC(CCSC)CC1CCOCC1. The summed E-state index contributed by atoms with van der Waals surface area (Å²) in [4.78, 5) is 0. The highest BCUT2D eigenvalue weighted by Gasteiger charge is 2.17. The van der Waals surface area contributed by atoms with Crippen molar-refractivity contribution in [2.75, 3.05) is 32.3 Å². The molecular formula is C11H23NOS. The molecule has 0 aromatic heterocycles. The number of nitrogens with one attached hydrogen (secondary N) is 1. The smallest absolute Gasteiger partial charge is 0.0468 e. The van der Waals surface area contributed by atoms with Gasteiger partial charge >= 0.3 is 0 Å². The van der Waals surface area contributed by atoms with Gasteiger partial charge in [0.05, 0.1) is 0 Å². The average molecular weight is 217 g/mol. The Balaban J connectivity index is 2.16. The van der Waals surface area contributed by atoms with Crippen LogP contribution in [0.2, 0.25) is 0 Å². The first-order chi connectivity index (χ1) is 6.86. The van der Waals surface area contributed by atoms with E-state index in [4.69, 9.17) is 4.74 Å². The van der Waals surface area contributed by atoms with Crippen LogP contribution in [0.3, 0.4) is 0 Å². The highest BCUT2D eigenvalue weighted by Crippen LogP contribution is 2.21. The lowest BCUT2D eigenvalue weighted by atomic mass is 9.91. The van der Waals surface area contributed by atoms with Gasteiger partial charge < -0.3 is 10.1 Å². The van der Waals surface area contributed by atoms with Gasteiger partial charge in [0.25, 0.3) is 0 Å². The van der Waals surface area contributed by atoms with Crippen LogP contribution in [-0.2, 0) is 4.74 Å². The zero-order chi connectivity index (χ0) is 10.2. The second kappa shape index (κ2) is 7.55. The molecule has 1 saturated heterocycles. The Hall–Kier alpha value is 0.270. The van der Waals surface area contributed by atoms with Gasteiger partial charge in [-0.15, -0.1) is 0 Å². The fourth-order valence-electron chi connectivity index (χ4n) is 2.02. The molecule has 0 saturated carbocycles. The summed E-state index contributed by atoms with van der Waals surface area (Å²) in [6.45, 7) is 1.95. The largest absolute Gasteiger partial charge is 0.381 e. The lowest BCUT2D eigenvalue weighted by Gasteiger charge is -2.26. The summed E-state index contributed by atoms with van der Waals surface area (Å²) in [7, 11) is 2.09. The van der Waals surface area contributed by atoms with Crippen molar-refractivity contribution < 1.29 is 4.74 Å². The van der Waals surface area contributed by atoms with Crippen LogP contribution >= 0.6 is 11.8 Å². The molecule has 0 bridgehead atoms. The first-order valence-electron chi connectivity index (χ1n) is 5.60. The molecule has 1 N–H and O–H groups in total. The number of rotatable bonds is 6. The number of hydrogen-bond donors (Lipinski definition) is 1. The summed E-state index contributed by atoms with van der Waals surface area (Å²) in [5.74, 6) is 2.16. The number of ether oxygens (including phenoxy) is 1. The van der Waals surface area contributed by atoms with Crippen LogP contribution < -0.4 is 5.32 Å². The van der Waals surface area contributed by atoms with E-state index in [0.717, 1.165) is 19.1 Å². The van der Waals surface area contributed by atoms with Gasteiger partial charge in [0, 0.05) is 19.3 Å². The normalized spacial score (nSPS) is 21.0. The Morgan fingerprint density at radius 3 is 2.71 bits per heavy atom. The van der Waals surface area contributed by atoms with Crippen LogP contribution in [-0.4, -0.2) is 38.3 Å². The molecule has 0 aromatic carbocycles. The van der Waals surface area contributed by atoms with Crippen molar-refractivity contribution in [3.05, 3.63) is 0 Å². The van der Waals surface area contributed by atoms with E-state index in [1.54, 1.807) is 0 Å². The van der Waals surface area contributed by atoms with E-state index in [1.165, 1.54) is 31.4 Å². The molecule has 1 heterocycles. The molecule has 0 radical (unpaired) electrons. The second-order valence-corrected chi connectivity index (χ2v) is 5.04. The Bertz CT molecular complexity index is 137. The Labute approximate surface area is 92.2 Å². The molecule has 84 valence electrons. The third-order valence-corrected chi connectivity index (χ3v) is 3.68. The molecule has 0 aromatic rings. The molecule has 0 aliphatic carbocycles. The van der Waals surface area contributed by atoms with Crippen LogP contribution in [0.15, 0.2) is 0 Å². The van der Waals surface area contributed by atoms with Gasteiger partial charge in [-0.05, 0) is 50.7 Å². The van der Waals surface area contributed by atoms with E-state index in [0.29, 0.717) is 6.04 Å². The summed E-state index contributed by atoms with van der Waals surface area (Å²) < 4.78 is 5.37. The van der Waals surface area contributed by atoms with Crippen LogP contribution in [0.1, 0.15) is 25.7 Å². The lowest BCUT2D eigenvalue weighted by molar-refractivity contribution is 0.0607. The zero-order valence-electron chi connectivity index (χ0n) is 9.42. The van der Waals surface area contributed by atoms with Crippen LogP contribution in [0.5, 0.6) is 0 Å². The molecule has 0 amide bonds. The van der Waals surface area contributed by atoms with E-state index in [9.17, 15) is 0 Å². The Morgan fingerprint density at radius 2 is 2.14 bits per heavy atom. The van der Waals surface area contributed by atoms with Crippen molar-refractivity contribution in [2.45, 2.75) is 31.7 Å². The quantitative estimate of drug-likeness (QED) is 0.736. The predicted octanol–water partition coefficient (Wildman–Crippen LogP) is 2.14. The van der Waals surface area contributed by atoms with Crippen LogP contribution in [0.25, 0.3) is 0 Å². The topological polar surface area (TPSA) is 21.3 Å². The summed E-state index contributed by atoms with van der Waals surface area (Å²) in [6.07, 6.45) is 7.34. The molecule has 14 heavy (non-hydrogen) atoms. The number of hydrogen-bond acceptors (Lipinski definition) is 3. The van der Waals surface area contributed by atoms with E-state index in [-0.39, 0.29) is 0 Å². The molecule has 0 spiro atoms.